The number of carbonyl (C=O) groups is 2. The number of methoxy groups -OCH3 is 1. The SMILES string of the molecule is COc1ccc(N2C(=S)N[C@H](c3ccccn3)[C@H]2c2ccc(-c3cc(C(=O)O)cc(C(=O)O)c3)o2)cc1. The molecule has 0 aliphatic carbocycles. The maximum Gasteiger partial charge on any atom is 0.335 e. The van der Waals surface area contributed by atoms with E-state index >= 15 is 0 Å². The van der Waals surface area contributed by atoms with Crippen LogP contribution in [0.2, 0.25) is 0 Å². The maximum absolute atomic E-state index is 11.6. The minimum absolute atomic E-state index is 0.150. The lowest BCUT2D eigenvalue weighted by Crippen LogP contribution is -2.29. The number of aromatic carboxylic acids is 2. The van der Waals surface area contributed by atoms with E-state index in [0.717, 1.165) is 17.4 Å². The van der Waals surface area contributed by atoms with Crippen LogP contribution in [0.3, 0.4) is 0 Å². The second kappa shape index (κ2) is 9.75. The van der Waals surface area contributed by atoms with Crippen LogP contribution in [0.25, 0.3) is 11.3 Å². The molecule has 2 atom stereocenters. The average molecular weight is 516 g/mol. The van der Waals surface area contributed by atoms with Gasteiger partial charge in [0.1, 0.15) is 23.3 Å². The van der Waals surface area contributed by atoms with Crippen LogP contribution in [0, 0.1) is 0 Å². The number of pyridine rings is 1. The molecule has 0 radical (unpaired) electrons. The Bertz CT molecular complexity index is 1450. The number of benzene rings is 2. The summed E-state index contributed by atoms with van der Waals surface area (Å²) in [6, 6.07) is 19.6. The van der Waals surface area contributed by atoms with Gasteiger partial charge in [-0.25, -0.2) is 9.59 Å². The van der Waals surface area contributed by atoms with Crippen LogP contribution in [0.5, 0.6) is 5.75 Å². The smallest absolute Gasteiger partial charge is 0.335 e. The van der Waals surface area contributed by atoms with Gasteiger partial charge in [0.15, 0.2) is 5.11 Å². The minimum Gasteiger partial charge on any atom is -0.497 e. The molecular weight excluding hydrogens is 494 g/mol. The van der Waals surface area contributed by atoms with Gasteiger partial charge in [-0.1, -0.05) is 6.07 Å². The molecule has 37 heavy (non-hydrogen) atoms. The molecule has 10 heteroatoms. The molecule has 3 heterocycles. The first-order valence-corrected chi connectivity index (χ1v) is 11.6. The Kier molecular flexibility index (Phi) is 6.33. The quantitative estimate of drug-likeness (QED) is 0.292. The van der Waals surface area contributed by atoms with E-state index < -0.39 is 18.0 Å². The summed E-state index contributed by atoms with van der Waals surface area (Å²) in [6.07, 6.45) is 1.70. The molecule has 2 aromatic heterocycles. The highest BCUT2D eigenvalue weighted by Gasteiger charge is 2.42. The number of nitrogens with one attached hydrogen (secondary N) is 1. The molecule has 1 fully saturated rings. The Hall–Kier alpha value is -4.70. The molecule has 9 nitrogen and oxygen atoms in total. The van der Waals surface area contributed by atoms with E-state index in [9.17, 15) is 19.8 Å². The highest BCUT2D eigenvalue weighted by atomic mass is 32.1. The number of aromatic nitrogens is 1. The highest BCUT2D eigenvalue weighted by molar-refractivity contribution is 7.80. The molecule has 1 aliphatic rings. The van der Waals surface area contributed by atoms with Gasteiger partial charge in [-0.05, 0) is 78.9 Å². The molecular formula is C27H21N3O6S. The van der Waals surface area contributed by atoms with E-state index in [0.29, 0.717) is 27.9 Å². The second-order valence-corrected chi connectivity index (χ2v) is 8.69. The topological polar surface area (TPSA) is 125 Å². The van der Waals surface area contributed by atoms with Gasteiger partial charge in [-0.2, -0.15) is 0 Å². The first-order chi connectivity index (χ1) is 17.9. The summed E-state index contributed by atoms with van der Waals surface area (Å²) in [7, 11) is 1.59. The van der Waals surface area contributed by atoms with Gasteiger partial charge in [-0.3, -0.25) is 4.98 Å². The molecule has 0 saturated carbocycles. The first kappa shape index (κ1) is 24.0. The molecule has 0 amide bonds. The third-order valence-electron chi connectivity index (χ3n) is 6.08. The van der Waals surface area contributed by atoms with Crippen molar-refractivity contribution in [3.05, 3.63) is 102 Å². The zero-order chi connectivity index (χ0) is 26.1. The fourth-order valence-electron chi connectivity index (χ4n) is 4.35. The van der Waals surface area contributed by atoms with E-state index in [1.54, 1.807) is 25.4 Å². The van der Waals surface area contributed by atoms with Crippen molar-refractivity contribution in [2.75, 3.05) is 12.0 Å². The summed E-state index contributed by atoms with van der Waals surface area (Å²) in [4.78, 5) is 29.6. The van der Waals surface area contributed by atoms with Gasteiger partial charge in [0.25, 0.3) is 0 Å². The van der Waals surface area contributed by atoms with Gasteiger partial charge >= 0.3 is 11.9 Å². The van der Waals surface area contributed by atoms with E-state index in [4.69, 9.17) is 21.4 Å². The van der Waals surface area contributed by atoms with Crippen molar-refractivity contribution in [1.82, 2.24) is 10.3 Å². The predicted octanol–water partition coefficient (Wildman–Crippen LogP) is 4.92. The molecule has 1 saturated heterocycles. The van der Waals surface area contributed by atoms with Crippen molar-refractivity contribution in [2.24, 2.45) is 0 Å². The highest BCUT2D eigenvalue weighted by Crippen LogP contribution is 2.43. The van der Waals surface area contributed by atoms with Crippen LogP contribution in [-0.4, -0.2) is 39.4 Å². The maximum atomic E-state index is 11.6. The monoisotopic (exact) mass is 515 g/mol. The lowest BCUT2D eigenvalue weighted by atomic mass is 10.0. The summed E-state index contributed by atoms with van der Waals surface area (Å²) in [6.45, 7) is 0. The number of ether oxygens (including phenoxy) is 1. The predicted molar refractivity (Wildman–Crippen MR) is 139 cm³/mol. The molecule has 186 valence electrons. The second-order valence-electron chi connectivity index (χ2n) is 8.31. The molecule has 0 bridgehead atoms. The van der Waals surface area contributed by atoms with Crippen molar-refractivity contribution in [1.29, 1.82) is 0 Å². The molecule has 5 rings (SSSR count). The zero-order valence-electron chi connectivity index (χ0n) is 19.5. The van der Waals surface area contributed by atoms with Crippen molar-refractivity contribution in [2.45, 2.75) is 12.1 Å². The number of hydrogen-bond acceptors (Lipinski definition) is 6. The summed E-state index contributed by atoms with van der Waals surface area (Å²) < 4.78 is 11.5. The lowest BCUT2D eigenvalue weighted by Gasteiger charge is -2.26. The fourth-order valence-corrected chi connectivity index (χ4v) is 4.69. The Morgan fingerprint density at radius 1 is 1.00 bits per heavy atom. The fraction of sp³-hybridized carbons (Fsp3) is 0.111. The van der Waals surface area contributed by atoms with Gasteiger partial charge in [0.2, 0.25) is 0 Å². The number of anilines is 1. The van der Waals surface area contributed by atoms with E-state index in [1.165, 1.54) is 12.1 Å². The van der Waals surface area contributed by atoms with Crippen LogP contribution in [0.4, 0.5) is 5.69 Å². The summed E-state index contributed by atoms with van der Waals surface area (Å²) >= 11 is 5.71. The molecule has 2 aromatic carbocycles. The number of thiocarbonyl (C=S) groups is 1. The molecule has 3 N–H and O–H groups in total. The van der Waals surface area contributed by atoms with E-state index in [1.807, 2.05) is 47.4 Å². The van der Waals surface area contributed by atoms with Crippen LogP contribution in [0.15, 0.2) is 83.4 Å². The minimum atomic E-state index is -1.23. The Morgan fingerprint density at radius 2 is 1.70 bits per heavy atom. The summed E-state index contributed by atoms with van der Waals surface area (Å²) in [5, 5.41) is 22.7. The van der Waals surface area contributed by atoms with Crippen molar-refractivity contribution in [3.8, 4) is 17.1 Å². The van der Waals surface area contributed by atoms with Crippen LogP contribution in [-0.2, 0) is 0 Å². The lowest BCUT2D eigenvalue weighted by molar-refractivity contribution is 0.0696. The normalized spacial score (nSPS) is 16.9. The summed E-state index contributed by atoms with van der Waals surface area (Å²) in [5.74, 6) is -0.906. The van der Waals surface area contributed by atoms with Crippen molar-refractivity contribution >= 4 is 35.0 Å². The number of carboxylic acid groups (broad SMARTS) is 2. The number of hydrogen-bond donors (Lipinski definition) is 3. The van der Waals surface area contributed by atoms with Gasteiger partial charge in [0, 0.05) is 17.4 Å². The van der Waals surface area contributed by atoms with Gasteiger partial charge < -0.3 is 29.6 Å². The number of nitrogens with zero attached hydrogens (tertiary/aromatic N) is 2. The first-order valence-electron chi connectivity index (χ1n) is 11.2. The Balaban J connectivity index is 1.60. The zero-order valence-corrected chi connectivity index (χ0v) is 20.3. The van der Waals surface area contributed by atoms with Crippen LogP contribution >= 0.6 is 12.2 Å². The third-order valence-corrected chi connectivity index (χ3v) is 6.39. The number of furan rings is 1. The Morgan fingerprint density at radius 3 is 2.30 bits per heavy atom. The van der Waals surface area contributed by atoms with Crippen LogP contribution in [0.1, 0.15) is 44.3 Å². The number of carboxylic acids is 2. The number of rotatable bonds is 7. The third kappa shape index (κ3) is 4.62. The Labute approximate surface area is 216 Å². The largest absolute Gasteiger partial charge is 0.497 e. The average Bonchev–Trinajstić information content (AvgIpc) is 3.53. The van der Waals surface area contributed by atoms with Crippen molar-refractivity contribution in [3.63, 3.8) is 0 Å². The molecule has 4 aromatic rings. The van der Waals surface area contributed by atoms with Gasteiger partial charge in [0.05, 0.1) is 30.0 Å². The summed E-state index contributed by atoms with van der Waals surface area (Å²) in [5.41, 5.74) is 1.60. The van der Waals surface area contributed by atoms with Crippen LogP contribution < -0.4 is 15.0 Å². The molecule has 0 unspecified atom stereocenters. The molecule has 0 spiro atoms. The van der Waals surface area contributed by atoms with Gasteiger partial charge in [-0.15, -0.1) is 0 Å². The molecule has 1 aliphatic heterocycles. The van der Waals surface area contributed by atoms with Crippen molar-refractivity contribution < 1.29 is 29.0 Å². The van der Waals surface area contributed by atoms with E-state index in [-0.39, 0.29) is 17.2 Å². The standard InChI is InChI=1S/C27H21N3O6S/c1-35-19-7-5-18(6-8-19)30-24(23(29-27(30)37)20-4-2-3-11-28-20)22-10-9-21(36-22)15-12-16(25(31)32)14-17(13-15)26(33)34/h2-14,23-24H,1H3,(H,29,37)(H,31,32)(H,33,34)/t23-,24-/m1/s1. The van der Waals surface area contributed by atoms with E-state index in [2.05, 4.69) is 10.3 Å².